The average Bonchev–Trinajstić information content (AvgIpc) is 3.27. The summed E-state index contributed by atoms with van der Waals surface area (Å²) in [7, 11) is 1.72. The van der Waals surface area contributed by atoms with Gasteiger partial charge in [0.2, 0.25) is 5.91 Å². The molecule has 1 unspecified atom stereocenters. The summed E-state index contributed by atoms with van der Waals surface area (Å²) in [4.78, 5) is 24.3. The van der Waals surface area contributed by atoms with Gasteiger partial charge in [-0.25, -0.2) is 0 Å². The molecule has 0 radical (unpaired) electrons. The molecule has 23 heavy (non-hydrogen) atoms. The van der Waals surface area contributed by atoms with E-state index in [1.165, 1.54) is 4.68 Å². The van der Waals surface area contributed by atoms with Crippen LogP contribution in [-0.2, 0) is 16.6 Å². The van der Waals surface area contributed by atoms with Gasteiger partial charge in [-0.2, -0.15) is 5.10 Å². The van der Waals surface area contributed by atoms with Crippen LogP contribution in [0.4, 0.5) is 5.82 Å². The first-order valence-corrected chi connectivity index (χ1v) is 8.38. The molecular formula is C16H24N4O3. The summed E-state index contributed by atoms with van der Waals surface area (Å²) in [5.74, 6) is 0.431. The van der Waals surface area contributed by atoms with Gasteiger partial charge < -0.3 is 15.4 Å². The minimum absolute atomic E-state index is 0.0248. The van der Waals surface area contributed by atoms with Gasteiger partial charge in [0.25, 0.3) is 5.91 Å². The highest BCUT2D eigenvalue weighted by atomic mass is 16.5. The van der Waals surface area contributed by atoms with E-state index in [9.17, 15) is 9.59 Å². The third kappa shape index (κ3) is 3.90. The van der Waals surface area contributed by atoms with Gasteiger partial charge in [0.15, 0.2) is 5.69 Å². The van der Waals surface area contributed by atoms with Gasteiger partial charge in [-0.05, 0) is 25.7 Å². The van der Waals surface area contributed by atoms with E-state index in [4.69, 9.17) is 4.74 Å². The van der Waals surface area contributed by atoms with Crippen molar-refractivity contribution in [3.8, 4) is 0 Å². The number of carbonyl (C=O) groups is 2. The number of ether oxygens (including phenoxy) is 1. The molecule has 2 aliphatic rings. The Hall–Kier alpha value is -1.89. The van der Waals surface area contributed by atoms with Crippen LogP contribution in [0.15, 0.2) is 6.07 Å². The molecule has 1 aromatic heterocycles. The fourth-order valence-electron chi connectivity index (χ4n) is 3.21. The lowest BCUT2D eigenvalue weighted by Gasteiger charge is -2.09. The third-order valence-electron chi connectivity index (χ3n) is 4.60. The first-order valence-electron chi connectivity index (χ1n) is 8.38. The second-order valence-corrected chi connectivity index (χ2v) is 6.35. The molecule has 1 aliphatic carbocycles. The molecule has 2 fully saturated rings. The summed E-state index contributed by atoms with van der Waals surface area (Å²) in [6.45, 7) is 1.26. The highest BCUT2D eigenvalue weighted by molar-refractivity contribution is 5.96. The van der Waals surface area contributed by atoms with Crippen molar-refractivity contribution in [2.75, 3.05) is 18.5 Å². The standard InChI is InChI=1S/C16H24N4O3/c1-20-14(18-15(21)11-5-2-3-6-11)9-13(19-20)16(22)17-10-12-7-4-8-23-12/h9,11-12H,2-8,10H2,1H3,(H,17,22)(H,18,21). The van der Waals surface area contributed by atoms with Gasteiger partial charge in [-0.15, -0.1) is 0 Å². The number of anilines is 1. The molecule has 2 heterocycles. The first-order chi connectivity index (χ1) is 11.1. The van der Waals surface area contributed by atoms with E-state index >= 15 is 0 Å². The van der Waals surface area contributed by atoms with E-state index < -0.39 is 0 Å². The highest BCUT2D eigenvalue weighted by Gasteiger charge is 2.24. The Morgan fingerprint density at radius 1 is 1.30 bits per heavy atom. The maximum Gasteiger partial charge on any atom is 0.271 e. The van der Waals surface area contributed by atoms with Crippen LogP contribution in [0.1, 0.15) is 49.0 Å². The van der Waals surface area contributed by atoms with Crippen molar-refractivity contribution in [3.05, 3.63) is 11.8 Å². The zero-order valence-corrected chi connectivity index (χ0v) is 13.5. The lowest BCUT2D eigenvalue weighted by atomic mass is 10.1. The van der Waals surface area contributed by atoms with Gasteiger partial charge in [-0.1, -0.05) is 12.8 Å². The molecule has 1 saturated heterocycles. The van der Waals surface area contributed by atoms with Crippen LogP contribution in [-0.4, -0.2) is 40.9 Å². The molecule has 1 saturated carbocycles. The quantitative estimate of drug-likeness (QED) is 0.860. The predicted molar refractivity (Wildman–Crippen MR) is 85.1 cm³/mol. The third-order valence-corrected chi connectivity index (χ3v) is 4.60. The number of rotatable bonds is 5. The van der Waals surface area contributed by atoms with Gasteiger partial charge in [0.1, 0.15) is 5.82 Å². The smallest absolute Gasteiger partial charge is 0.271 e. The molecule has 7 heteroatoms. The van der Waals surface area contributed by atoms with E-state index in [0.717, 1.165) is 45.1 Å². The highest BCUT2D eigenvalue weighted by Crippen LogP contribution is 2.26. The minimum atomic E-state index is -0.238. The van der Waals surface area contributed by atoms with Gasteiger partial charge in [0.05, 0.1) is 6.10 Å². The number of hydrogen-bond donors (Lipinski definition) is 2. The Balaban J connectivity index is 1.56. The fourth-order valence-corrected chi connectivity index (χ4v) is 3.21. The van der Waals surface area contributed by atoms with Crippen LogP contribution in [0, 0.1) is 5.92 Å². The summed E-state index contributed by atoms with van der Waals surface area (Å²) in [6, 6.07) is 1.62. The monoisotopic (exact) mass is 320 g/mol. The topological polar surface area (TPSA) is 85.2 Å². The SMILES string of the molecule is Cn1nc(C(=O)NCC2CCCO2)cc1NC(=O)C1CCCC1. The number of carbonyl (C=O) groups excluding carboxylic acids is 2. The fraction of sp³-hybridized carbons (Fsp3) is 0.688. The molecular weight excluding hydrogens is 296 g/mol. The molecule has 1 atom stereocenters. The number of aryl methyl sites for hydroxylation is 1. The molecule has 0 bridgehead atoms. The molecule has 0 aromatic carbocycles. The van der Waals surface area contributed by atoms with Crippen LogP contribution in [0.5, 0.6) is 0 Å². The van der Waals surface area contributed by atoms with Crippen molar-refractivity contribution < 1.29 is 14.3 Å². The number of nitrogens with one attached hydrogen (secondary N) is 2. The lowest BCUT2D eigenvalue weighted by molar-refractivity contribution is -0.119. The van der Waals surface area contributed by atoms with Crippen LogP contribution >= 0.6 is 0 Å². The lowest BCUT2D eigenvalue weighted by Crippen LogP contribution is -2.32. The maximum absolute atomic E-state index is 12.2. The van der Waals surface area contributed by atoms with Crippen LogP contribution < -0.4 is 10.6 Å². The first kappa shape index (κ1) is 16.0. The zero-order valence-electron chi connectivity index (χ0n) is 13.5. The van der Waals surface area contributed by atoms with Crippen molar-refractivity contribution in [1.82, 2.24) is 15.1 Å². The second kappa shape index (κ2) is 7.12. The summed E-state index contributed by atoms with van der Waals surface area (Å²) in [6.07, 6.45) is 6.23. The molecule has 1 aliphatic heterocycles. The molecule has 2 amide bonds. The summed E-state index contributed by atoms with van der Waals surface area (Å²) >= 11 is 0. The van der Waals surface area contributed by atoms with Crippen molar-refractivity contribution in [2.24, 2.45) is 13.0 Å². The van der Waals surface area contributed by atoms with Crippen molar-refractivity contribution in [1.29, 1.82) is 0 Å². The molecule has 1 aromatic rings. The molecule has 2 N–H and O–H groups in total. The molecule has 3 rings (SSSR count). The van der Waals surface area contributed by atoms with E-state index in [-0.39, 0.29) is 23.8 Å². The Kier molecular flexibility index (Phi) is 4.95. The average molecular weight is 320 g/mol. The molecule has 126 valence electrons. The summed E-state index contributed by atoms with van der Waals surface area (Å²) < 4.78 is 7.02. The second-order valence-electron chi connectivity index (χ2n) is 6.35. The molecule has 0 spiro atoms. The Labute approximate surface area is 135 Å². The van der Waals surface area contributed by atoms with E-state index in [1.807, 2.05) is 0 Å². The number of hydrogen-bond acceptors (Lipinski definition) is 4. The Morgan fingerprint density at radius 2 is 2.09 bits per heavy atom. The maximum atomic E-state index is 12.2. The van der Waals surface area contributed by atoms with Gasteiger partial charge >= 0.3 is 0 Å². The normalized spacial score (nSPS) is 21.5. The van der Waals surface area contributed by atoms with Crippen LogP contribution in [0.3, 0.4) is 0 Å². The molecule has 7 nitrogen and oxygen atoms in total. The minimum Gasteiger partial charge on any atom is -0.376 e. The van der Waals surface area contributed by atoms with E-state index in [2.05, 4.69) is 15.7 Å². The zero-order chi connectivity index (χ0) is 16.2. The largest absolute Gasteiger partial charge is 0.376 e. The van der Waals surface area contributed by atoms with Gasteiger partial charge in [-0.3, -0.25) is 14.3 Å². The predicted octanol–water partition coefficient (Wildman–Crippen LogP) is 1.46. The van der Waals surface area contributed by atoms with Crippen LogP contribution in [0.2, 0.25) is 0 Å². The van der Waals surface area contributed by atoms with Crippen molar-refractivity contribution in [2.45, 2.75) is 44.6 Å². The Morgan fingerprint density at radius 3 is 2.78 bits per heavy atom. The Bertz CT molecular complexity index is 572. The van der Waals surface area contributed by atoms with Crippen molar-refractivity contribution >= 4 is 17.6 Å². The van der Waals surface area contributed by atoms with Crippen molar-refractivity contribution in [3.63, 3.8) is 0 Å². The van der Waals surface area contributed by atoms with Gasteiger partial charge in [0, 0.05) is 32.2 Å². The van der Waals surface area contributed by atoms with Crippen LogP contribution in [0.25, 0.3) is 0 Å². The summed E-state index contributed by atoms with van der Waals surface area (Å²) in [5, 5.41) is 9.90. The summed E-state index contributed by atoms with van der Waals surface area (Å²) in [5.41, 5.74) is 0.312. The number of nitrogens with zero attached hydrogens (tertiary/aromatic N) is 2. The number of amides is 2. The van der Waals surface area contributed by atoms with E-state index in [1.54, 1.807) is 13.1 Å². The van der Waals surface area contributed by atoms with E-state index in [0.29, 0.717) is 18.1 Å². The number of aromatic nitrogens is 2.